The molecule has 8 heteroatoms. The van der Waals surface area contributed by atoms with Gasteiger partial charge in [0.15, 0.2) is 0 Å². The second-order valence-electron chi connectivity index (χ2n) is 9.35. The van der Waals surface area contributed by atoms with Crippen molar-refractivity contribution in [1.29, 1.82) is 0 Å². The highest BCUT2D eigenvalue weighted by atomic mass is 16.5. The van der Waals surface area contributed by atoms with Gasteiger partial charge in [0, 0.05) is 13.0 Å². The van der Waals surface area contributed by atoms with Gasteiger partial charge in [-0.05, 0) is 37.2 Å². The average molecular weight is 517 g/mol. The van der Waals surface area contributed by atoms with Gasteiger partial charge in [0.2, 0.25) is 11.8 Å². The molecule has 1 aromatic carbocycles. The maximum atomic E-state index is 13.0. The Hall–Kier alpha value is -2.97. The topological polar surface area (TPSA) is 114 Å². The molecular weight excluding hydrogens is 472 g/mol. The molecule has 0 saturated carbocycles. The first kappa shape index (κ1) is 32.1. The molecule has 37 heavy (non-hydrogen) atoms. The number of allylic oxidation sites excluding steroid dienone is 2. The molecule has 206 valence electrons. The molecule has 3 atom stereocenters. The Morgan fingerprint density at radius 3 is 2.41 bits per heavy atom. The minimum atomic E-state index is -0.591. The number of benzene rings is 1. The first-order valence-corrected chi connectivity index (χ1v) is 13.0. The molecule has 1 rings (SSSR count). The largest absolute Gasteiger partial charge is 0.463 e. The predicted octanol–water partition coefficient (Wildman–Crippen LogP) is 3.20. The van der Waals surface area contributed by atoms with E-state index in [2.05, 4.69) is 23.8 Å². The van der Waals surface area contributed by atoms with E-state index in [4.69, 9.17) is 14.6 Å². The maximum absolute atomic E-state index is 13.0. The Morgan fingerprint density at radius 1 is 1.05 bits per heavy atom. The van der Waals surface area contributed by atoms with E-state index in [-0.39, 0.29) is 62.5 Å². The third-order valence-electron chi connectivity index (χ3n) is 5.97. The summed E-state index contributed by atoms with van der Waals surface area (Å²) in [6, 6.07) is 9.41. The lowest BCUT2D eigenvalue weighted by atomic mass is 9.94. The fourth-order valence-corrected chi connectivity index (χ4v) is 3.72. The van der Waals surface area contributed by atoms with E-state index in [1.165, 1.54) is 0 Å². The quantitative estimate of drug-likeness (QED) is 0.139. The summed E-state index contributed by atoms with van der Waals surface area (Å²) < 4.78 is 10.8. The van der Waals surface area contributed by atoms with Gasteiger partial charge in [-0.3, -0.25) is 14.4 Å². The first-order valence-electron chi connectivity index (χ1n) is 13.0. The van der Waals surface area contributed by atoms with Gasteiger partial charge < -0.3 is 25.2 Å². The van der Waals surface area contributed by atoms with Crippen LogP contribution in [0.15, 0.2) is 55.6 Å². The summed E-state index contributed by atoms with van der Waals surface area (Å²) in [4.78, 5) is 38.3. The van der Waals surface area contributed by atoms with Crippen LogP contribution >= 0.6 is 0 Å². The van der Waals surface area contributed by atoms with Gasteiger partial charge in [-0.1, -0.05) is 56.3 Å². The normalized spacial score (nSPS) is 13.3. The molecule has 3 N–H and O–H groups in total. The van der Waals surface area contributed by atoms with Crippen LogP contribution < -0.4 is 10.6 Å². The summed E-state index contributed by atoms with van der Waals surface area (Å²) in [5, 5.41) is 14.4. The minimum Gasteiger partial charge on any atom is -0.463 e. The van der Waals surface area contributed by atoms with Crippen molar-refractivity contribution >= 4 is 17.8 Å². The van der Waals surface area contributed by atoms with Crippen LogP contribution in [0, 0.1) is 17.8 Å². The molecule has 0 aliphatic heterocycles. The number of rotatable bonds is 20. The zero-order valence-corrected chi connectivity index (χ0v) is 22.3. The van der Waals surface area contributed by atoms with Crippen LogP contribution in [0.5, 0.6) is 0 Å². The number of carbonyl (C=O) groups excluding carboxylic acids is 3. The number of esters is 1. The molecule has 0 fully saturated rings. The van der Waals surface area contributed by atoms with Crippen molar-refractivity contribution in [3.05, 3.63) is 61.2 Å². The van der Waals surface area contributed by atoms with E-state index in [0.29, 0.717) is 32.2 Å². The minimum absolute atomic E-state index is 0.00313. The maximum Gasteiger partial charge on any atom is 0.309 e. The van der Waals surface area contributed by atoms with E-state index >= 15 is 0 Å². The Bertz CT molecular complexity index is 827. The fraction of sp³-hybridized carbons (Fsp3) is 0.552. The number of ether oxygens (including phenoxy) is 2. The summed E-state index contributed by atoms with van der Waals surface area (Å²) >= 11 is 0. The van der Waals surface area contributed by atoms with Crippen molar-refractivity contribution in [2.45, 2.75) is 52.0 Å². The highest BCUT2D eigenvalue weighted by Gasteiger charge is 2.27. The van der Waals surface area contributed by atoms with Gasteiger partial charge in [-0.25, -0.2) is 0 Å². The molecule has 8 nitrogen and oxygen atoms in total. The fourth-order valence-electron chi connectivity index (χ4n) is 3.72. The van der Waals surface area contributed by atoms with Crippen LogP contribution in [0.3, 0.4) is 0 Å². The number of nitrogens with one attached hydrogen (secondary N) is 2. The molecule has 0 spiro atoms. The zero-order valence-electron chi connectivity index (χ0n) is 22.3. The van der Waals surface area contributed by atoms with Gasteiger partial charge in [-0.2, -0.15) is 0 Å². The Balaban J connectivity index is 2.69. The van der Waals surface area contributed by atoms with Crippen molar-refractivity contribution in [2.24, 2.45) is 17.8 Å². The average Bonchev–Trinajstić information content (AvgIpc) is 2.88. The van der Waals surface area contributed by atoms with E-state index in [1.54, 1.807) is 12.2 Å². The van der Waals surface area contributed by atoms with Gasteiger partial charge in [-0.15, -0.1) is 13.2 Å². The lowest BCUT2D eigenvalue weighted by molar-refractivity contribution is -0.150. The molecule has 1 aromatic rings. The molecule has 3 unspecified atom stereocenters. The van der Waals surface area contributed by atoms with E-state index in [0.717, 1.165) is 5.56 Å². The molecule has 0 heterocycles. The monoisotopic (exact) mass is 516 g/mol. The molecule has 0 aliphatic carbocycles. The lowest BCUT2D eigenvalue weighted by Gasteiger charge is -2.26. The van der Waals surface area contributed by atoms with Crippen LogP contribution in [0.4, 0.5) is 0 Å². The second kappa shape index (κ2) is 19.2. The summed E-state index contributed by atoms with van der Waals surface area (Å²) in [6.07, 6.45) is 5.66. The summed E-state index contributed by atoms with van der Waals surface area (Å²) in [5.74, 6) is -1.73. The van der Waals surface area contributed by atoms with Gasteiger partial charge in [0.05, 0.1) is 37.7 Å². The third-order valence-corrected chi connectivity index (χ3v) is 5.97. The van der Waals surface area contributed by atoms with Crippen LogP contribution in [0.25, 0.3) is 0 Å². The Morgan fingerprint density at radius 2 is 1.78 bits per heavy atom. The molecule has 0 bridgehead atoms. The predicted molar refractivity (Wildman–Crippen MR) is 145 cm³/mol. The van der Waals surface area contributed by atoms with Crippen molar-refractivity contribution in [1.82, 2.24) is 10.6 Å². The summed E-state index contributed by atoms with van der Waals surface area (Å²) in [5.41, 5.74) is 1.06. The van der Waals surface area contributed by atoms with Crippen LogP contribution in [-0.2, 0) is 30.3 Å². The summed E-state index contributed by atoms with van der Waals surface area (Å²) in [7, 11) is 0. The van der Waals surface area contributed by atoms with Gasteiger partial charge in [0.25, 0.3) is 0 Å². The number of aliphatic hydroxyl groups excluding tert-OH is 1. The highest BCUT2D eigenvalue weighted by Crippen LogP contribution is 2.18. The molecule has 0 radical (unpaired) electrons. The van der Waals surface area contributed by atoms with Crippen LogP contribution in [0.2, 0.25) is 0 Å². The van der Waals surface area contributed by atoms with E-state index in [9.17, 15) is 14.4 Å². The lowest BCUT2D eigenvalue weighted by Crippen LogP contribution is -2.46. The third kappa shape index (κ3) is 13.8. The van der Waals surface area contributed by atoms with E-state index in [1.807, 2.05) is 44.2 Å². The zero-order chi connectivity index (χ0) is 27.5. The Kier molecular flexibility index (Phi) is 16.6. The van der Waals surface area contributed by atoms with Crippen molar-refractivity contribution < 1.29 is 29.0 Å². The molecular formula is C29H44N2O6. The smallest absolute Gasteiger partial charge is 0.309 e. The SMILES string of the molecule is C=CCCC(Cc1ccccc1)C(=O)OCC(NC(=O)C(CC=C)CC(=O)NCCOCCO)C(C)C. The van der Waals surface area contributed by atoms with Crippen molar-refractivity contribution in [3.63, 3.8) is 0 Å². The van der Waals surface area contributed by atoms with Gasteiger partial charge in [0.1, 0.15) is 6.61 Å². The van der Waals surface area contributed by atoms with Crippen molar-refractivity contribution in [3.8, 4) is 0 Å². The summed E-state index contributed by atoms with van der Waals surface area (Å²) in [6.45, 7) is 12.1. The van der Waals surface area contributed by atoms with Crippen molar-refractivity contribution in [2.75, 3.05) is 33.0 Å². The number of hydrogen-bond donors (Lipinski definition) is 3. The molecule has 0 aromatic heterocycles. The first-order chi connectivity index (χ1) is 17.8. The second-order valence-corrected chi connectivity index (χ2v) is 9.35. The van der Waals surface area contributed by atoms with Crippen LogP contribution in [0.1, 0.15) is 45.1 Å². The van der Waals surface area contributed by atoms with Crippen LogP contribution in [-0.4, -0.2) is 61.9 Å². The molecule has 0 aliphatic rings. The van der Waals surface area contributed by atoms with E-state index < -0.39 is 12.0 Å². The molecule has 2 amide bonds. The number of hydrogen-bond acceptors (Lipinski definition) is 6. The Labute approximate surface area is 221 Å². The highest BCUT2D eigenvalue weighted by molar-refractivity contribution is 5.86. The standard InChI is InChI=1S/C29H44N2O6/c1-5-7-14-25(19-23-12-9-8-10-13-23)29(35)37-21-26(22(3)4)31-28(34)24(11-6-2)20-27(33)30-15-17-36-18-16-32/h5-6,8-10,12-13,22,24-26,32H,1-2,7,11,14-21H2,3-4H3,(H,30,33)(H,31,34). The number of aliphatic hydroxyl groups is 1. The number of amides is 2. The number of carbonyl (C=O) groups is 3. The van der Waals surface area contributed by atoms with Gasteiger partial charge >= 0.3 is 5.97 Å². The molecule has 0 saturated heterocycles.